The minimum Gasteiger partial charge on any atom is -0.461 e. The molecule has 40 heavy (non-hydrogen) atoms. The second kappa shape index (κ2) is 12.1. The number of anilines is 6. The Kier molecular flexibility index (Phi) is 8.64. The topological polar surface area (TPSA) is 142 Å². The summed E-state index contributed by atoms with van der Waals surface area (Å²) >= 11 is 10.8. The molecule has 0 spiro atoms. The zero-order chi connectivity index (χ0) is 28.9. The minimum absolute atomic E-state index is 0.0336. The molecule has 0 unspecified atom stereocenters. The predicted molar refractivity (Wildman–Crippen MR) is 148 cm³/mol. The van der Waals surface area contributed by atoms with Gasteiger partial charge >= 0.3 is 12.1 Å². The fraction of sp³-hybridized carbons (Fsp3) is 0.167. The normalized spacial score (nSPS) is 11.1. The van der Waals surface area contributed by atoms with Crippen LogP contribution in [0.15, 0.2) is 48.7 Å². The Morgan fingerprint density at radius 2 is 1.82 bits per heavy atom. The van der Waals surface area contributed by atoms with Crippen LogP contribution in [0.3, 0.4) is 0 Å². The van der Waals surface area contributed by atoms with E-state index in [4.69, 9.17) is 28.6 Å². The number of nitrogens with one attached hydrogen (secondary N) is 5. The number of hydrogen-bond acceptors (Lipinski definition) is 9. The van der Waals surface area contributed by atoms with Crippen LogP contribution < -0.4 is 21.3 Å². The van der Waals surface area contributed by atoms with E-state index in [2.05, 4.69) is 46.4 Å². The van der Waals surface area contributed by atoms with Crippen molar-refractivity contribution in [2.24, 2.45) is 0 Å². The zero-order valence-electron chi connectivity index (χ0n) is 20.9. The highest BCUT2D eigenvalue weighted by molar-refractivity contribution is 7.80. The van der Waals surface area contributed by atoms with Gasteiger partial charge in [-0.25, -0.2) is 14.8 Å². The zero-order valence-corrected chi connectivity index (χ0v) is 22.4. The molecule has 0 saturated carbocycles. The monoisotopic (exact) mass is 591 g/mol. The van der Waals surface area contributed by atoms with E-state index in [0.717, 1.165) is 12.1 Å². The fourth-order valence-corrected chi connectivity index (χ4v) is 3.74. The summed E-state index contributed by atoms with van der Waals surface area (Å²) in [5.74, 6) is 0.943. The molecule has 3 heterocycles. The Balaban J connectivity index is 1.37. The lowest BCUT2D eigenvalue weighted by molar-refractivity contribution is -0.137. The number of H-pyrrole nitrogens is 1. The van der Waals surface area contributed by atoms with Crippen LogP contribution in [0.4, 0.5) is 47.9 Å². The molecule has 0 amide bonds. The van der Waals surface area contributed by atoms with E-state index in [1.54, 1.807) is 32.0 Å². The van der Waals surface area contributed by atoms with Crippen molar-refractivity contribution < 1.29 is 22.7 Å². The van der Waals surface area contributed by atoms with E-state index >= 15 is 0 Å². The lowest BCUT2D eigenvalue weighted by Gasteiger charge is -2.14. The van der Waals surface area contributed by atoms with Crippen LogP contribution in [0.1, 0.15) is 28.7 Å². The van der Waals surface area contributed by atoms with Gasteiger partial charge in [-0.2, -0.15) is 23.3 Å². The van der Waals surface area contributed by atoms with Crippen molar-refractivity contribution in [3.05, 3.63) is 70.6 Å². The molecule has 208 valence electrons. The van der Waals surface area contributed by atoms with E-state index < -0.39 is 22.7 Å². The third kappa shape index (κ3) is 7.54. The maximum absolute atomic E-state index is 13.1. The van der Waals surface area contributed by atoms with Crippen LogP contribution >= 0.6 is 23.8 Å². The summed E-state index contributed by atoms with van der Waals surface area (Å²) in [4.78, 5) is 24.8. The highest BCUT2D eigenvalue weighted by Crippen LogP contribution is 2.36. The second-order valence-electron chi connectivity index (χ2n) is 8.06. The van der Waals surface area contributed by atoms with E-state index in [1.807, 2.05) is 0 Å². The number of aryl methyl sites for hydroxylation is 1. The summed E-state index contributed by atoms with van der Waals surface area (Å²) in [5.41, 5.74) is 0.476. The van der Waals surface area contributed by atoms with E-state index in [-0.39, 0.29) is 29.0 Å². The number of carbonyl (C=O) groups is 1. The molecular formula is C24H21ClF3N9O2S. The van der Waals surface area contributed by atoms with Gasteiger partial charge in [0, 0.05) is 23.5 Å². The maximum Gasteiger partial charge on any atom is 0.417 e. The number of alkyl halides is 3. The smallest absolute Gasteiger partial charge is 0.417 e. The van der Waals surface area contributed by atoms with Crippen LogP contribution in [0.25, 0.3) is 0 Å². The van der Waals surface area contributed by atoms with Gasteiger partial charge in [-0.1, -0.05) is 11.6 Å². The molecule has 0 fully saturated rings. The minimum atomic E-state index is -4.60. The summed E-state index contributed by atoms with van der Waals surface area (Å²) in [5, 5.41) is 17.8. The number of hydrogen-bond donors (Lipinski definition) is 5. The molecule has 0 aliphatic rings. The van der Waals surface area contributed by atoms with Gasteiger partial charge in [0.25, 0.3) is 0 Å². The first-order valence-corrected chi connectivity index (χ1v) is 12.3. The molecule has 0 atom stereocenters. The predicted octanol–water partition coefficient (Wildman–Crippen LogP) is 6.05. The third-order valence-electron chi connectivity index (χ3n) is 4.97. The first-order valence-electron chi connectivity index (χ1n) is 11.5. The van der Waals surface area contributed by atoms with Crippen LogP contribution in [0, 0.1) is 6.92 Å². The first kappa shape index (κ1) is 28.5. The lowest BCUT2D eigenvalue weighted by Crippen LogP contribution is -2.20. The molecule has 16 heteroatoms. The summed E-state index contributed by atoms with van der Waals surface area (Å²) < 4.78 is 44.2. The molecule has 0 aliphatic carbocycles. The Morgan fingerprint density at radius 1 is 1.05 bits per heavy atom. The van der Waals surface area contributed by atoms with E-state index in [9.17, 15) is 18.0 Å². The number of rotatable bonds is 8. The molecule has 0 saturated heterocycles. The number of aromatic nitrogens is 5. The third-order valence-corrected chi connectivity index (χ3v) is 5.50. The summed E-state index contributed by atoms with van der Waals surface area (Å²) in [6, 6.07) is 9.87. The summed E-state index contributed by atoms with van der Waals surface area (Å²) in [6.07, 6.45) is -3.10. The van der Waals surface area contributed by atoms with Crippen LogP contribution in [-0.2, 0) is 10.9 Å². The Bertz CT molecular complexity index is 1530. The van der Waals surface area contributed by atoms with E-state index in [0.29, 0.717) is 28.8 Å². The van der Waals surface area contributed by atoms with Gasteiger partial charge < -0.3 is 26.0 Å². The number of thiocarbonyl (C=S) groups is 1. The van der Waals surface area contributed by atoms with Gasteiger partial charge in [0.05, 0.1) is 29.1 Å². The van der Waals surface area contributed by atoms with Gasteiger partial charge in [-0.05, 0) is 56.4 Å². The highest BCUT2D eigenvalue weighted by atomic mass is 35.5. The van der Waals surface area contributed by atoms with E-state index in [1.165, 1.54) is 18.3 Å². The first-order chi connectivity index (χ1) is 19.0. The van der Waals surface area contributed by atoms with Gasteiger partial charge in [0.15, 0.2) is 10.8 Å². The number of pyridine rings is 1. The molecule has 1 aromatic carbocycles. The largest absolute Gasteiger partial charge is 0.461 e. The number of benzene rings is 1. The molecule has 5 N–H and O–H groups in total. The highest BCUT2D eigenvalue weighted by Gasteiger charge is 2.33. The number of aromatic amines is 1. The number of ether oxygens (including phenoxy) is 1. The van der Waals surface area contributed by atoms with Gasteiger partial charge in [0.1, 0.15) is 17.5 Å². The standard InChI is InChI=1S/C24H21ClF3N9O2S/c1-3-39-21(38)17-10-20(37-36-17)33-19-8-12(2)30-22(34-19)31-14-5-7-18(29-11-14)35-23(40)32-13-4-6-16(25)15(9-13)24(26,27)28/h4-11H,3H2,1-2H3,(H2,29,32,35,40)(H3,30,31,33,34,36,37). The van der Waals surface area contributed by atoms with Crippen molar-refractivity contribution in [1.29, 1.82) is 0 Å². The van der Waals surface area contributed by atoms with Crippen molar-refractivity contribution in [2.45, 2.75) is 20.0 Å². The summed E-state index contributed by atoms with van der Waals surface area (Å²) in [6.45, 7) is 3.72. The SMILES string of the molecule is CCOC(=O)c1cc(Nc2cc(C)nc(Nc3ccc(NC(=S)Nc4ccc(Cl)c(C(F)(F)F)c4)nc3)n2)[nH]n1. The number of carbonyl (C=O) groups excluding carboxylic acids is 1. The molecule has 0 aliphatic heterocycles. The molecular weight excluding hydrogens is 571 g/mol. The Labute approximate surface area is 235 Å². The van der Waals surface area contributed by atoms with Gasteiger partial charge in [-0.3, -0.25) is 5.10 Å². The van der Waals surface area contributed by atoms with Gasteiger partial charge in [-0.15, -0.1) is 0 Å². The Morgan fingerprint density at radius 3 is 2.52 bits per heavy atom. The van der Waals surface area contributed by atoms with Crippen molar-refractivity contribution in [2.75, 3.05) is 27.9 Å². The van der Waals surface area contributed by atoms with Crippen LogP contribution in [0.5, 0.6) is 0 Å². The van der Waals surface area contributed by atoms with Crippen LogP contribution in [-0.4, -0.2) is 42.8 Å². The average Bonchev–Trinajstić information content (AvgIpc) is 3.34. The average molecular weight is 592 g/mol. The number of nitrogens with zero attached hydrogens (tertiary/aromatic N) is 4. The molecule has 11 nitrogen and oxygen atoms in total. The molecule has 0 bridgehead atoms. The molecule has 0 radical (unpaired) electrons. The quantitative estimate of drug-likeness (QED) is 0.121. The van der Waals surface area contributed by atoms with Crippen molar-refractivity contribution in [1.82, 2.24) is 25.1 Å². The van der Waals surface area contributed by atoms with Crippen molar-refractivity contribution >= 4 is 69.7 Å². The molecule has 4 rings (SSSR count). The van der Waals surface area contributed by atoms with Crippen molar-refractivity contribution in [3.8, 4) is 0 Å². The Hall–Kier alpha value is -4.50. The summed E-state index contributed by atoms with van der Waals surface area (Å²) in [7, 11) is 0. The second-order valence-corrected chi connectivity index (χ2v) is 8.87. The van der Waals surface area contributed by atoms with Gasteiger partial charge in [0.2, 0.25) is 5.95 Å². The fourth-order valence-electron chi connectivity index (χ4n) is 3.29. The van der Waals surface area contributed by atoms with Crippen LogP contribution in [0.2, 0.25) is 5.02 Å². The maximum atomic E-state index is 13.1. The number of halogens is 4. The lowest BCUT2D eigenvalue weighted by atomic mass is 10.2. The number of esters is 1. The molecule has 3 aromatic heterocycles. The van der Waals surface area contributed by atoms with Crippen molar-refractivity contribution in [3.63, 3.8) is 0 Å². The molecule has 4 aromatic rings.